The van der Waals surface area contributed by atoms with Gasteiger partial charge in [0.25, 0.3) is 0 Å². The summed E-state index contributed by atoms with van der Waals surface area (Å²) in [6.45, 7) is 0. The van der Waals surface area contributed by atoms with Crippen LogP contribution in [0.2, 0.25) is 0 Å². The third-order valence-corrected chi connectivity index (χ3v) is 5.07. The Kier molecular flexibility index (Phi) is 3.21. The molecule has 0 unspecified atom stereocenters. The van der Waals surface area contributed by atoms with Crippen molar-refractivity contribution in [2.24, 2.45) is 0 Å². The first kappa shape index (κ1) is 13.1. The number of nitrogens with one attached hydrogen (secondary N) is 1. The zero-order valence-electron chi connectivity index (χ0n) is 10.7. The zero-order chi connectivity index (χ0) is 14.3. The number of fused-ring (bicyclic) bond motifs is 1. The monoisotopic (exact) mass is 294 g/mol. The van der Waals surface area contributed by atoms with Crippen molar-refractivity contribution in [3.8, 4) is 0 Å². The van der Waals surface area contributed by atoms with Gasteiger partial charge in [0.1, 0.15) is 0 Å². The van der Waals surface area contributed by atoms with Gasteiger partial charge in [-0.3, -0.25) is 8.78 Å². The summed E-state index contributed by atoms with van der Waals surface area (Å²) in [7, 11) is -0.819. The van der Waals surface area contributed by atoms with E-state index in [1.807, 2.05) is 0 Å². The lowest BCUT2D eigenvalue weighted by Gasteiger charge is -2.23. The maximum Gasteiger partial charge on any atom is 0.337 e. The normalized spacial score (nSPS) is 23.0. The fraction of sp³-hybridized carbons (Fsp3) is 0.385. The van der Waals surface area contributed by atoms with Crippen molar-refractivity contribution in [1.82, 2.24) is 9.55 Å². The van der Waals surface area contributed by atoms with Crippen LogP contribution in [-0.4, -0.2) is 36.3 Å². The average molecular weight is 294 g/mol. The molecule has 0 amide bonds. The Balaban J connectivity index is 2.19. The maximum atomic E-state index is 12.1. The third kappa shape index (κ3) is 2.07. The van der Waals surface area contributed by atoms with E-state index in [0.29, 0.717) is 35.4 Å². The molecule has 1 fully saturated rings. The minimum absolute atomic E-state index is 0.0885. The maximum absolute atomic E-state index is 12.1. The highest BCUT2D eigenvalue weighted by Crippen LogP contribution is 2.26. The van der Waals surface area contributed by atoms with Gasteiger partial charge in [0.05, 0.1) is 16.6 Å². The molecular formula is C13H14N2O4S. The lowest BCUT2D eigenvalue weighted by molar-refractivity contribution is 0.0698. The summed E-state index contributed by atoms with van der Waals surface area (Å²) in [5.74, 6) is 0.0561. The Hall–Kier alpha value is -1.89. The predicted molar refractivity (Wildman–Crippen MR) is 75.7 cm³/mol. The standard InChI is InChI=1S/C13H14N2O4S/c16-12(17)9-2-1-3-10-11(9)15(13(18)14-10)8-4-6-20(19)7-5-8/h1-3,8H,4-7H2,(H,14,18)(H,16,17). The highest BCUT2D eigenvalue weighted by Gasteiger charge is 2.25. The number of aromatic nitrogens is 2. The van der Waals surface area contributed by atoms with E-state index < -0.39 is 16.8 Å². The molecule has 3 rings (SSSR count). The second kappa shape index (κ2) is 4.90. The molecule has 106 valence electrons. The van der Waals surface area contributed by atoms with Gasteiger partial charge >= 0.3 is 11.7 Å². The zero-order valence-corrected chi connectivity index (χ0v) is 11.5. The van der Waals surface area contributed by atoms with Crippen molar-refractivity contribution < 1.29 is 14.1 Å². The topological polar surface area (TPSA) is 92.2 Å². The molecule has 1 aromatic carbocycles. The van der Waals surface area contributed by atoms with Crippen molar-refractivity contribution in [1.29, 1.82) is 0 Å². The van der Waals surface area contributed by atoms with Crippen LogP contribution in [0.1, 0.15) is 29.2 Å². The number of aromatic carboxylic acids is 1. The summed E-state index contributed by atoms with van der Waals surface area (Å²) < 4.78 is 12.9. The third-order valence-electron chi connectivity index (χ3n) is 3.69. The van der Waals surface area contributed by atoms with E-state index in [4.69, 9.17) is 0 Å². The molecule has 1 aliphatic heterocycles. The van der Waals surface area contributed by atoms with Crippen LogP contribution in [0.15, 0.2) is 23.0 Å². The van der Waals surface area contributed by atoms with Crippen LogP contribution in [0.5, 0.6) is 0 Å². The smallest absolute Gasteiger partial charge is 0.337 e. The van der Waals surface area contributed by atoms with E-state index in [2.05, 4.69) is 4.98 Å². The second-order valence-electron chi connectivity index (χ2n) is 4.89. The van der Waals surface area contributed by atoms with E-state index in [1.54, 1.807) is 12.1 Å². The number of carboxylic acids is 1. The molecule has 0 radical (unpaired) electrons. The Morgan fingerprint density at radius 2 is 2.05 bits per heavy atom. The molecular weight excluding hydrogens is 280 g/mol. The number of H-pyrrole nitrogens is 1. The van der Waals surface area contributed by atoms with Crippen LogP contribution in [0.25, 0.3) is 11.0 Å². The van der Waals surface area contributed by atoms with Crippen molar-refractivity contribution in [2.75, 3.05) is 11.5 Å². The van der Waals surface area contributed by atoms with Crippen LogP contribution in [0.3, 0.4) is 0 Å². The number of hydrogen-bond acceptors (Lipinski definition) is 3. The SMILES string of the molecule is O=C(O)c1cccc2[nH]c(=O)n(C3CCS(=O)CC3)c12. The molecule has 2 heterocycles. The van der Waals surface area contributed by atoms with Crippen molar-refractivity contribution in [3.05, 3.63) is 34.2 Å². The van der Waals surface area contributed by atoms with E-state index in [0.717, 1.165) is 0 Å². The lowest BCUT2D eigenvalue weighted by atomic mass is 10.1. The molecule has 7 heteroatoms. The van der Waals surface area contributed by atoms with E-state index in [-0.39, 0.29) is 17.3 Å². The number of rotatable bonds is 2. The van der Waals surface area contributed by atoms with E-state index >= 15 is 0 Å². The summed E-state index contributed by atoms with van der Waals surface area (Å²) in [4.78, 5) is 26.2. The summed E-state index contributed by atoms with van der Waals surface area (Å²) in [5.41, 5.74) is 0.781. The molecule has 2 N–H and O–H groups in total. The Labute approximate surface area is 116 Å². The summed E-state index contributed by atoms with van der Waals surface area (Å²) in [6.07, 6.45) is 1.26. The summed E-state index contributed by atoms with van der Waals surface area (Å²) in [5, 5.41) is 9.28. The van der Waals surface area contributed by atoms with Gasteiger partial charge < -0.3 is 10.1 Å². The Morgan fingerprint density at radius 3 is 2.70 bits per heavy atom. The quantitative estimate of drug-likeness (QED) is 0.868. The van der Waals surface area contributed by atoms with Crippen LogP contribution < -0.4 is 5.69 Å². The number of nitrogens with zero attached hydrogens (tertiary/aromatic N) is 1. The first-order valence-electron chi connectivity index (χ1n) is 6.39. The largest absolute Gasteiger partial charge is 0.478 e. The Morgan fingerprint density at radius 1 is 1.35 bits per heavy atom. The fourth-order valence-electron chi connectivity index (χ4n) is 2.74. The van der Waals surface area contributed by atoms with Gasteiger partial charge in [-0.15, -0.1) is 0 Å². The number of hydrogen-bond donors (Lipinski definition) is 2. The lowest BCUT2D eigenvalue weighted by Crippen LogP contribution is -2.28. The molecule has 6 nitrogen and oxygen atoms in total. The number of aromatic amines is 1. The number of carboxylic acid groups (broad SMARTS) is 1. The molecule has 0 spiro atoms. The van der Waals surface area contributed by atoms with Crippen LogP contribution in [0, 0.1) is 0 Å². The van der Waals surface area contributed by atoms with Crippen LogP contribution in [0.4, 0.5) is 0 Å². The minimum Gasteiger partial charge on any atom is -0.478 e. The number of carbonyl (C=O) groups is 1. The fourth-order valence-corrected chi connectivity index (χ4v) is 4.02. The van der Waals surface area contributed by atoms with E-state index in [9.17, 15) is 18.9 Å². The van der Waals surface area contributed by atoms with Gasteiger partial charge in [0.2, 0.25) is 0 Å². The summed E-state index contributed by atoms with van der Waals surface area (Å²) in [6, 6.07) is 4.72. The highest BCUT2D eigenvalue weighted by atomic mass is 32.2. The molecule has 0 atom stereocenters. The Bertz CT molecular complexity index is 751. The molecule has 2 aromatic rings. The van der Waals surface area contributed by atoms with Gasteiger partial charge in [-0.2, -0.15) is 0 Å². The van der Waals surface area contributed by atoms with Gasteiger partial charge in [-0.1, -0.05) is 6.07 Å². The minimum atomic E-state index is -1.05. The number of benzene rings is 1. The molecule has 1 saturated heterocycles. The number of imidazole rings is 1. The van der Waals surface area contributed by atoms with Crippen molar-refractivity contribution in [2.45, 2.75) is 18.9 Å². The summed E-state index contributed by atoms with van der Waals surface area (Å²) >= 11 is 0. The molecule has 0 bridgehead atoms. The first-order chi connectivity index (χ1) is 9.58. The van der Waals surface area contributed by atoms with Gasteiger partial charge in [-0.05, 0) is 25.0 Å². The van der Waals surface area contributed by atoms with Crippen LogP contribution in [-0.2, 0) is 10.8 Å². The number of para-hydroxylation sites is 1. The highest BCUT2D eigenvalue weighted by molar-refractivity contribution is 7.85. The molecule has 0 aliphatic carbocycles. The average Bonchev–Trinajstić information content (AvgIpc) is 2.75. The van der Waals surface area contributed by atoms with Crippen LogP contribution >= 0.6 is 0 Å². The van der Waals surface area contributed by atoms with Gasteiger partial charge in [-0.25, -0.2) is 9.59 Å². The first-order valence-corrected chi connectivity index (χ1v) is 7.88. The van der Waals surface area contributed by atoms with Crippen molar-refractivity contribution in [3.63, 3.8) is 0 Å². The van der Waals surface area contributed by atoms with Gasteiger partial charge in [0, 0.05) is 28.3 Å². The molecule has 1 aliphatic rings. The predicted octanol–water partition coefficient (Wildman–Crippen LogP) is 1.11. The second-order valence-corrected chi connectivity index (χ2v) is 6.58. The molecule has 0 saturated carbocycles. The van der Waals surface area contributed by atoms with E-state index in [1.165, 1.54) is 10.6 Å². The molecule has 1 aromatic heterocycles. The van der Waals surface area contributed by atoms with Crippen molar-refractivity contribution >= 4 is 27.8 Å². The molecule has 20 heavy (non-hydrogen) atoms. The van der Waals surface area contributed by atoms with Gasteiger partial charge in [0.15, 0.2) is 0 Å².